The number of ether oxygens (including phenoxy) is 2. The first-order chi connectivity index (χ1) is 11.0. The molecule has 0 bridgehead atoms. The molecule has 1 saturated heterocycles. The van der Waals surface area contributed by atoms with Gasteiger partial charge < -0.3 is 14.0 Å². The van der Waals surface area contributed by atoms with Gasteiger partial charge in [0.25, 0.3) is 0 Å². The molecular formula is C15H25N3O4S. The molecule has 2 aliphatic rings. The van der Waals surface area contributed by atoms with Crippen LogP contribution < -0.4 is 0 Å². The second kappa shape index (κ2) is 7.29. The predicted octanol–water partition coefficient (Wildman–Crippen LogP) is 0.718. The zero-order chi connectivity index (χ0) is 16.3. The van der Waals surface area contributed by atoms with Gasteiger partial charge in [0, 0.05) is 45.0 Å². The highest BCUT2D eigenvalue weighted by molar-refractivity contribution is 7.88. The summed E-state index contributed by atoms with van der Waals surface area (Å²) in [6, 6.07) is 0. The molecular weight excluding hydrogens is 318 g/mol. The van der Waals surface area contributed by atoms with Crippen LogP contribution in [0.25, 0.3) is 0 Å². The van der Waals surface area contributed by atoms with Crippen molar-refractivity contribution in [2.75, 3.05) is 39.2 Å². The largest absolute Gasteiger partial charge is 0.381 e. The molecule has 1 fully saturated rings. The molecule has 130 valence electrons. The lowest BCUT2D eigenvalue weighted by Gasteiger charge is -2.24. The van der Waals surface area contributed by atoms with Crippen molar-refractivity contribution in [2.45, 2.75) is 25.9 Å². The zero-order valence-corrected chi connectivity index (χ0v) is 14.4. The van der Waals surface area contributed by atoms with Gasteiger partial charge in [0.05, 0.1) is 31.4 Å². The SMILES string of the molecule is CS(=O)(=O)N1Cc2cncn2C[C@@H](COCC2CCOCC2)C1. The fraction of sp³-hybridized carbons (Fsp3) is 0.800. The summed E-state index contributed by atoms with van der Waals surface area (Å²) in [6.07, 6.45) is 6.87. The highest BCUT2D eigenvalue weighted by atomic mass is 32.2. The molecule has 0 radical (unpaired) electrons. The maximum absolute atomic E-state index is 12.0. The summed E-state index contributed by atoms with van der Waals surface area (Å²) in [6.45, 7) is 4.56. The van der Waals surface area contributed by atoms with E-state index in [1.165, 1.54) is 10.6 Å². The Balaban J connectivity index is 1.59. The quantitative estimate of drug-likeness (QED) is 0.787. The van der Waals surface area contributed by atoms with Crippen LogP contribution in [0.1, 0.15) is 18.5 Å². The molecule has 7 nitrogen and oxygen atoms in total. The summed E-state index contributed by atoms with van der Waals surface area (Å²) in [5.41, 5.74) is 0.933. The lowest BCUT2D eigenvalue weighted by molar-refractivity contribution is 0.00873. The summed E-state index contributed by atoms with van der Waals surface area (Å²) >= 11 is 0. The molecule has 0 spiro atoms. The van der Waals surface area contributed by atoms with E-state index in [0.29, 0.717) is 25.6 Å². The monoisotopic (exact) mass is 343 g/mol. The maximum Gasteiger partial charge on any atom is 0.211 e. The first kappa shape index (κ1) is 16.9. The Labute approximate surface area is 137 Å². The molecule has 1 atom stereocenters. The Morgan fingerprint density at radius 3 is 2.74 bits per heavy atom. The van der Waals surface area contributed by atoms with Crippen molar-refractivity contribution >= 4 is 10.0 Å². The number of nitrogens with zero attached hydrogens (tertiary/aromatic N) is 3. The van der Waals surface area contributed by atoms with E-state index in [2.05, 4.69) is 4.98 Å². The average Bonchev–Trinajstić information content (AvgIpc) is 2.86. The van der Waals surface area contributed by atoms with Crippen molar-refractivity contribution in [1.29, 1.82) is 0 Å². The average molecular weight is 343 g/mol. The Bertz CT molecular complexity index is 610. The van der Waals surface area contributed by atoms with Crippen molar-refractivity contribution in [2.24, 2.45) is 11.8 Å². The van der Waals surface area contributed by atoms with Crippen LogP contribution in [-0.4, -0.2) is 61.5 Å². The minimum absolute atomic E-state index is 0.139. The summed E-state index contributed by atoms with van der Waals surface area (Å²) in [5.74, 6) is 0.698. The molecule has 0 amide bonds. The normalized spacial score (nSPS) is 24.3. The fourth-order valence-electron chi connectivity index (χ4n) is 3.19. The number of hydrogen-bond acceptors (Lipinski definition) is 5. The third-order valence-corrected chi connectivity index (χ3v) is 5.79. The van der Waals surface area contributed by atoms with Crippen molar-refractivity contribution in [1.82, 2.24) is 13.9 Å². The Hall–Kier alpha value is -0.960. The van der Waals surface area contributed by atoms with Gasteiger partial charge in [-0.1, -0.05) is 0 Å². The van der Waals surface area contributed by atoms with E-state index >= 15 is 0 Å². The van der Waals surface area contributed by atoms with E-state index in [0.717, 1.165) is 44.9 Å². The lowest BCUT2D eigenvalue weighted by atomic mass is 10.0. The molecule has 3 heterocycles. The van der Waals surface area contributed by atoms with Crippen LogP contribution in [0.2, 0.25) is 0 Å². The second-order valence-electron chi connectivity index (χ2n) is 6.55. The minimum Gasteiger partial charge on any atom is -0.381 e. The van der Waals surface area contributed by atoms with E-state index in [9.17, 15) is 8.42 Å². The van der Waals surface area contributed by atoms with Gasteiger partial charge in [-0.05, 0) is 18.8 Å². The van der Waals surface area contributed by atoms with Crippen molar-refractivity contribution in [3.8, 4) is 0 Å². The van der Waals surface area contributed by atoms with Gasteiger partial charge in [-0.15, -0.1) is 0 Å². The van der Waals surface area contributed by atoms with Crippen LogP contribution in [0.5, 0.6) is 0 Å². The van der Waals surface area contributed by atoms with Crippen LogP contribution in [0.4, 0.5) is 0 Å². The van der Waals surface area contributed by atoms with Gasteiger partial charge in [0.1, 0.15) is 0 Å². The smallest absolute Gasteiger partial charge is 0.211 e. The molecule has 1 aromatic heterocycles. The number of fused-ring (bicyclic) bond motifs is 1. The molecule has 0 aromatic carbocycles. The van der Waals surface area contributed by atoms with Gasteiger partial charge in [-0.25, -0.2) is 13.4 Å². The highest BCUT2D eigenvalue weighted by Crippen LogP contribution is 2.20. The van der Waals surface area contributed by atoms with Gasteiger partial charge in [-0.2, -0.15) is 4.31 Å². The van der Waals surface area contributed by atoms with Crippen LogP contribution >= 0.6 is 0 Å². The summed E-state index contributed by atoms with van der Waals surface area (Å²) in [5, 5.41) is 0. The molecule has 2 aliphatic heterocycles. The minimum atomic E-state index is -3.23. The fourth-order valence-corrected chi connectivity index (χ4v) is 4.03. The molecule has 23 heavy (non-hydrogen) atoms. The number of sulfonamides is 1. The Morgan fingerprint density at radius 1 is 1.26 bits per heavy atom. The van der Waals surface area contributed by atoms with Gasteiger partial charge in [0.15, 0.2) is 0 Å². The summed E-state index contributed by atoms with van der Waals surface area (Å²) in [4.78, 5) is 4.14. The van der Waals surface area contributed by atoms with Gasteiger partial charge >= 0.3 is 0 Å². The lowest BCUT2D eigenvalue weighted by Crippen LogP contribution is -2.35. The van der Waals surface area contributed by atoms with E-state index in [1.807, 2.05) is 4.57 Å². The molecule has 0 unspecified atom stereocenters. The van der Waals surface area contributed by atoms with E-state index in [4.69, 9.17) is 9.47 Å². The topological polar surface area (TPSA) is 73.7 Å². The summed E-state index contributed by atoms with van der Waals surface area (Å²) < 4.78 is 38.8. The van der Waals surface area contributed by atoms with Crippen LogP contribution in [0.3, 0.4) is 0 Å². The highest BCUT2D eigenvalue weighted by Gasteiger charge is 2.27. The number of aromatic nitrogens is 2. The van der Waals surface area contributed by atoms with Crippen molar-refractivity contribution in [3.05, 3.63) is 18.2 Å². The van der Waals surface area contributed by atoms with E-state index in [1.54, 1.807) is 12.5 Å². The standard InChI is InChI=1S/C15H25N3O4S/c1-23(19,20)18-8-14(7-17-12-16-6-15(17)9-18)11-22-10-13-2-4-21-5-3-13/h6,12-14H,2-5,7-11H2,1H3/t14-/m1/s1. The molecule has 8 heteroatoms. The number of rotatable bonds is 5. The predicted molar refractivity (Wildman–Crippen MR) is 85.3 cm³/mol. The molecule has 0 saturated carbocycles. The van der Waals surface area contributed by atoms with Gasteiger partial charge in [0.2, 0.25) is 10.0 Å². The number of hydrogen-bond donors (Lipinski definition) is 0. The maximum atomic E-state index is 12.0. The molecule has 0 N–H and O–H groups in total. The van der Waals surface area contributed by atoms with Crippen LogP contribution in [0, 0.1) is 11.8 Å². The summed E-state index contributed by atoms with van der Waals surface area (Å²) in [7, 11) is -3.23. The molecule has 0 aliphatic carbocycles. The molecule has 1 aromatic rings. The zero-order valence-electron chi connectivity index (χ0n) is 13.6. The van der Waals surface area contributed by atoms with E-state index in [-0.39, 0.29) is 5.92 Å². The number of imidazole rings is 1. The first-order valence-electron chi connectivity index (χ1n) is 8.12. The van der Waals surface area contributed by atoms with Crippen LogP contribution in [-0.2, 0) is 32.6 Å². The first-order valence-corrected chi connectivity index (χ1v) is 9.97. The Kier molecular flexibility index (Phi) is 5.35. The van der Waals surface area contributed by atoms with Gasteiger partial charge in [-0.3, -0.25) is 0 Å². The third kappa shape index (κ3) is 4.53. The molecule has 3 rings (SSSR count). The third-order valence-electron chi connectivity index (χ3n) is 4.57. The van der Waals surface area contributed by atoms with Crippen LogP contribution in [0.15, 0.2) is 12.5 Å². The second-order valence-corrected chi connectivity index (χ2v) is 8.53. The Morgan fingerprint density at radius 2 is 2.00 bits per heavy atom. The van der Waals surface area contributed by atoms with E-state index < -0.39 is 10.0 Å². The van der Waals surface area contributed by atoms with Crippen molar-refractivity contribution < 1.29 is 17.9 Å². The van der Waals surface area contributed by atoms with Crippen molar-refractivity contribution in [3.63, 3.8) is 0 Å².